The zero-order valence-corrected chi connectivity index (χ0v) is 11.2. The molecule has 0 aliphatic carbocycles. The monoisotopic (exact) mass is 287 g/mol. The third-order valence-electron chi connectivity index (χ3n) is 2.15. The van der Waals surface area contributed by atoms with E-state index in [-0.39, 0.29) is 11.6 Å². The summed E-state index contributed by atoms with van der Waals surface area (Å²) < 4.78 is 22.2. The first-order valence-electron chi connectivity index (χ1n) is 5.33. The predicted octanol–water partition coefficient (Wildman–Crippen LogP) is 3.34. The molecule has 0 bridgehead atoms. The zero-order chi connectivity index (χ0) is 13.0. The van der Waals surface area contributed by atoms with Crippen molar-refractivity contribution in [2.75, 3.05) is 11.9 Å². The lowest BCUT2D eigenvalue weighted by Gasteiger charge is -2.07. The summed E-state index contributed by atoms with van der Waals surface area (Å²) in [4.78, 5) is 0. The normalized spacial score (nSPS) is 10.4. The summed E-state index contributed by atoms with van der Waals surface area (Å²) in [5.74, 6) is 0.0320. The van der Waals surface area contributed by atoms with Gasteiger partial charge in [0.15, 0.2) is 0 Å². The average molecular weight is 288 g/mol. The highest BCUT2D eigenvalue weighted by atomic mass is 35.5. The summed E-state index contributed by atoms with van der Waals surface area (Å²) in [6, 6.07) is 4.00. The number of ether oxygens (including phenoxy) is 1. The van der Waals surface area contributed by atoms with Crippen LogP contribution >= 0.6 is 23.1 Å². The summed E-state index contributed by atoms with van der Waals surface area (Å²) >= 11 is 7.13. The topological polar surface area (TPSA) is 47.0 Å². The lowest BCUT2D eigenvalue weighted by molar-refractivity contribution is 0.301. The average Bonchev–Trinajstić information content (AvgIpc) is 2.76. The number of hydrogen-bond donors (Lipinski definition) is 1. The van der Waals surface area contributed by atoms with Gasteiger partial charge in [0.2, 0.25) is 0 Å². The molecule has 0 fully saturated rings. The van der Waals surface area contributed by atoms with Crippen molar-refractivity contribution in [2.24, 2.45) is 0 Å². The predicted molar refractivity (Wildman–Crippen MR) is 69.8 cm³/mol. The lowest BCUT2D eigenvalue weighted by Crippen LogP contribution is -2.02. The van der Waals surface area contributed by atoms with Crippen molar-refractivity contribution in [3.8, 4) is 5.75 Å². The fourth-order valence-corrected chi connectivity index (χ4v) is 2.19. The number of halogens is 2. The molecule has 0 spiro atoms. The summed E-state index contributed by atoms with van der Waals surface area (Å²) in [5, 5.41) is 8.21. The Morgan fingerprint density at radius 2 is 2.33 bits per heavy atom. The first-order valence-corrected chi connectivity index (χ1v) is 6.48. The van der Waals surface area contributed by atoms with Gasteiger partial charge in [0.25, 0.3) is 0 Å². The van der Waals surface area contributed by atoms with Crippen LogP contribution in [0.25, 0.3) is 0 Å². The van der Waals surface area contributed by atoms with Crippen LogP contribution in [0.3, 0.4) is 0 Å². The van der Waals surface area contributed by atoms with Gasteiger partial charge in [0.05, 0.1) is 5.02 Å². The molecule has 1 N–H and O–H groups in total. The molecule has 0 aliphatic heterocycles. The van der Waals surface area contributed by atoms with Crippen molar-refractivity contribution in [2.45, 2.75) is 13.5 Å². The van der Waals surface area contributed by atoms with Gasteiger partial charge in [-0.25, -0.2) is 4.39 Å². The minimum Gasteiger partial charge on any atom is -0.486 e. The van der Waals surface area contributed by atoms with Gasteiger partial charge in [-0.15, -0.1) is 5.10 Å². The molecule has 2 aromatic rings. The van der Waals surface area contributed by atoms with E-state index in [1.165, 1.54) is 29.7 Å². The molecular weight excluding hydrogens is 277 g/mol. The minimum absolute atomic E-state index is 0.239. The highest BCUT2D eigenvalue weighted by Crippen LogP contribution is 2.26. The number of benzene rings is 1. The third kappa shape index (κ3) is 3.08. The number of hydrogen-bond acceptors (Lipinski definition) is 5. The Morgan fingerprint density at radius 3 is 3.06 bits per heavy atom. The first-order chi connectivity index (χ1) is 8.70. The van der Waals surface area contributed by atoms with Crippen molar-refractivity contribution in [3.63, 3.8) is 0 Å². The minimum atomic E-state index is -0.393. The van der Waals surface area contributed by atoms with Crippen LogP contribution < -0.4 is 10.1 Å². The van der Waals surface area contributed by atoms with Gasteiger partial charge in [0, 0.05) is 18.1 Å². The van der Waals surface area contributed by atoms with Crippen LogP contribution in [0.2, 0.25) is 5.02 Å². The fourth-order valence-electron chi connectivity index (χ4n) is 1.34. The summed E-state index contributed by atoms with van der Waals surface area (Å²) in [6.07, 6.45) is 0. The molecule has 0 atom stereocenters. The van der Waals surface area contributed by atoms with Crippen LogP contribution in [0.15, 0.2) is 18.2 Å². The zero-order valence-electron chi connectivity index (χ0n) is 9.61. The molecule has 0 saturated heterocycles. The van der Waals surface area contributed by atoms with Gasteiger partial charge in [0.1, 0.15) is 28.9 Å². The second-order valence-electron chi connectivity index (χ2n) is 3.44. The molecule has 1 aromatic heterocycles. The van der Waals surface area contributed by atoms with Crippen LogP contribution in [-0.2, 0) is 6.61 Å². The number of nitrogens with zero attached hydrogens (tertiary/aromatic N) is 2. The van der Waals surface area contributed by atoms with Crippen LogP contribution in [0.5, 0.6) is 5.75 Å². The van der Waals surface area contributed by atoms with Gasteiger partial charge in [-0.3, -0.25) is 0 Å². The molecule has 0 saturated carbocycles. The molecule has 0 aliphatic rings. The Hall–Kier alpha value is -1.40. The molecule has 0 radical (unpaired) electrons. The molecule has 1 aromatic carbocycles. The van der Waals surface area contributed by atoms with E-state index in [1.54, 1.807) is 0 Å². The van der Waals surface area contributed by atoms with Gasteiger partial charge < -0.3 is 10.1 Å². The van der Waals surface area contributed by atoms with Crippen molar-refractivity contribution >= 4 is 28.1 Å². The highest BCUT2D eigenvalue weighted by Gasteiger charge is 2.09. The molecular formula is C11H11ClFN3OS. The van der Waals surface area contributed by atoms with E-state index in [0.29, 0.717) is 11.4 Å². The SMILES string of the molecule is CCNc1snnc1COc1ccc(F)cc1Cl. The Kier molecular flexibility index (Phi) is 4.33. The van der Waals surface area contributed by atoms with Crippen LogP contribution in [0.1, 0.15) is 12.6 Å². The van der Waals surface area contributed by atoms with E-state index in [0.717, 1.165) is 11.5 Å². The van der Waals surface area contributed by atoms with E-state index in [1.807, 2.05) is 6.92 Å². The Morgan fingerprint density at radius 1 is 1.50 bits per heavy atom. The van der Waals surface area contributed by atoms with Gasteiger partial charge in [-0.05, 0) is 25.1 Å². The smallest absolute Gasteiger partial charge is 0.138 e. The number of nitrogens with one attached hydrogen (secondary N) is 1. The molecule has 96 valence electrons. The van der Waals surface area contributed by atoms with Gasteiger partial charge >= 0.3 is 0 Å². The lowest BCUT2D eigenvalue weighted by atomic mass is 10.3. The number of anilines is 1. The second kappa shape index (κ2) is 5.97. The number of rotatable bonds is 5. The number of aromatic nitrogens is 2. The van der Waals surface area contributed by atoms with Crippen LogP contribution in [0.4, 0.5) is 9.39 Å². The largest absolute Gasteiger partial charge is 0.486 e. The second-order valence-corrected chi connectivity index (χ2v) is 4.60. The van der Waals surface area contributed by atoms with E-state index < -0.39 is 5.82 Å². The van der Waals surface area contributed by atoms with Crippen molar-refractivity contribution in [3.05, 3.63) is 34.7 Å². The quantitative estimate of drug-likeness (QED) is 0.916. The Labute approximate surface area is 113 Å². The van der Waals surface area contributed by atoms with E-state index in [9.17, 15) is 4.39 Å². The van der Waals surface area contributed by atoms with Gasteiger partial charge in [-0.2, -0.15) is 0 Å². The maximum absolute atomic E-state index is 12.9. The summed E-state index contributed by atoms with van der Waals surface area (Å²) in [5.41, 5.74) is 0.710. The van der Waals surface area contributed by atoms with Crippen LogP contribution in [0, 0.1) is 5.82 Å². The Bertz CT molecular complexity index is 535. The van der Waals surface area contributed by atoms with Crippen molar-refractivity contribution in [1.29, 1.82) is 0 Å². The van der Waals surface area contributed by atoms with Gasteiger partial charge in [-0.1, -0.05) is 16.1 Å². The molecule has 4 nitrogen and oxygen atoms in total. The third-order valence-corrected chi connectivity index (χ3v) is 3.17. The van der Waals surface area contributed by atoms with E-state index >= 15 is 0 Å². The molecule has 18 heavy (non-hydrogen) atoms. The van der Waals surface area contributed by atoms with E-state index in [2.05, 4.69) is 14.9 Å². The van der Waals surface area contributed by atoms with Crippen molar-refractivity contribution < 1.29 is 9.13 Å². The van der Waals surface area contributed by atoms with Crippen molar-refractivity contribution in [1.82, 2.24) is 9.59 Å². The maximum Gasteiger partial charge on any atom is 0.138 e. The molecule has 7 heteroatoms. The van der Waals surface area contributed by atoms with E-state index in [4.69, 9.17) is 16.3 Å². The molecule has 1 heterocycles. The summed E-state index contributed by atoms with van der Waals surface area (Å²) in [7, 11) is 0. The fraction of sp³-hybridized carbons (Fsp3) is 0.273. The molecule has 0 unspecified atom stereocenters. The maximum atomic E-state index is 12.9. The molecule has 0 amide bonds. The Balaban J connectivity index is 2.04. The standard InChI is InChI=1S/C11H11ClFN3OS/c1-2-14-11-9(15-16-18-11)6-17-10-4-3-7(13)5-8(10)12/h3-5,14H,2,6H2,1H3. The first kappa shape index (κ1) is 13.0. The summed E-state index contributed by atoms with van der Waals surface area (Å²) in [6.45, 7) is 3.01. The molecule has 2 rings (SSSR count). The van der Waals surface area contributed by atoms with Crippen LogP contribution in [-0.4, -0.2) is 16.1 Å². The highest BCUT2D eigenvalue weighted by molar-refractivity contribution is 7.10.